The zero-order valence-corrected chi connectivity index (χ0v) is 28.5. The van der Waals surface area contributed by atoms with E-state index in [1.165, 1.54) is 0 Å². The average Bonchev–Trinajstić information content (AvgIpc) is 3.61. The number of para-hydroxylation sites is 1. The second-order valence-corrected chi connectivity index (χ2v) is 13.4. The fourth-order valence-corrected chi connectivity index (χ4v) is 6.88. The summed E-state index contributed by atoms with van der Waals surface area (Å²) in [6.07, 6.45) is -6.38. The van der Waals surface area contributed by atoms with Gasteiger partial charge >= 0.3 is 6.18 Å². The molecule has 3 heterocycles. The zero-order valence-electron chi connectivity index (χ0n) is 28.5. The summed E-state index contributed by atoms with van der Waals surface area (Å²) >= 11 is 0. The summed E-state index contributed by atoms with van der Waals surface area (Å²) in [5.41, 5.74) is 2.42. The first-order valence-electron chi connectivity index (χ1n) is 17.4. The van der Waals surface area contributed by atoms with Crippen LogP contribution in [0.15, 0.2) is 101 Å². The molecular weight excluding hydrogens is 677 g/mol. The SMILES string of the molecule is O=C(N[C@H]1c2ccccc2OC[C@H]1O)[C@H](Cc1ccccc1)C[C@H](O)CN1CCN(Cc2ccc(-c3ccccc3)o2)C[C@H]1C(=O)NCC(F)(F)F. The van der Waals surface area contributed by atoms with Crippen molar-refractivity contribution in [1.29, 1.82) is 0 Å². The molecule has 0 unspecified atom stereocenters. The summed E-state index contributed by atoms with van der Waals surface area (Å²) in [4.78, 5) is 30.8. The first-order valence-corrected chi connectivity index (χ1v) is 17.4. The number of rotatable bonds is 13. The minimum absolute atomic E-state index is 0.00577. The van der Waals surface area contributed by atoms with Crippen molar-refractivity contribution in [2.75, 3.05) is 39.3 Å². The Morgan fingerprint density at radius 2 is 1.63 bits per heavy atom. The topological polar surface area (TPSA) is 128 Å². The molecule has 4 aromatic rings. The molecule has 0 bridgehead atoms. The predicted molar refractivity (Wildman–Crippen MR) is 187 cm³/mol. The number of hydrogen-bond acceptors (Lipinski definition) is 8. The van der Waals surface area contributed by atoms with E-state index in [1.807, 2.05) is 83.0 Å². The number of benzene rings is 3. The Morgan fingerprint density at radius 3 is 2.38 bits per heavy atom. The quantitative estimate of drug-likeness (QED) is 0.161. The molecule has 1 fully saturated rings. The van der Waals surface area contributed by atoms with E-state index in [4.69, 9.17) is 9.15 Å². The zero-order chi connectivity index (χ0) is 36.7. The molecule has 276 valence electrons. The fraction of sp³-hybridized carbons (Fsp3) is 0.385. The summed E-state index contributed by atoms with van der Waals surface area (Å²) in [7, 11) is 0. The normalized spacial score (nSPS) is 20.7. The highest BCUT2D eigenvalue weighted by Gasteiger charge is 2.38. The van der Waals surface area contributed by atoms with Gasteiger partial charge in [0.05, 0.1) is 18.7 Å². The van der Waals surface area contributed by atoms with E-state index in [0.29, 0.717) is 42.3 Å². The van der Waals surface area contributed by atoms with Crippen molar-refractivity contribution in [3.05, 3.63) is 114 Å². The second-order valence-electron chi connectivity index (χ2n) is 13.4. The standard InChI is InChI=1S/C39H43F3N4O6/c40-39(41,42)25-43-38(50)32-23-45(22-30-15-16-34(52-30)27-11-5-2-6-12-27)17-18-46(32)21-29(47)20-28(19-26-9-3-1-4-10-26)37(49)44-36-31-13-7-8-14-35(31)51-24-33(36)48/h1-16,28-29,32-33,36,47-48H,17-25H2,(H,43,50)(H,44,49)/t28-,29+,32+,33-,36+/m1/s1. The van der Waals surface area contributed by atoms with E-state index in [2.05, 4.69) is 5.32 Å². The van der Waals surface area contributed by atoms with Crippen LogP contribution in [0.2, 0.25) is 0 Å². The number of carbonyl (C=O) groups excluding carboxylic acids is 2. The highest BCUT2D eigenvalue weighted by Crippen LogP contribution is 2.33. The number of nitrogens with one attached hydrogen (secondary N) is 2. The van der Waals surface area contributed by atoms with Crippen molar-refractivity contribution in [3.8, 4) is 17.1 Å². The van der Waals surface area contributed by atoms with Crippen molar-refractivity contribution in [1.82, 2.24) is 20.4 Å². The number of hydrogen-bond donors (Lipinski definition) is 4. The summed E-state index contributed by atoms with van der Waals surface area (Å²) in [6.45, 7) is -0.318. The molecule has 2 aliphatic rings. The van der Waals surface area contributed by atoms with Gasteiger partial charge in [-0.1, -0.05) is 78.9 Å². The maximum Gasteiger partial charge on any atom is 0.405 e. The van der Waals surface area contributed by atoms with Gasteiger partial charge in [0.15, 0.2) is 0 Å². The van der Waals surface area contributed by atoms with Crippen LogP contribution in [0.1, 0.15) is 29.3 Å². The number of fused-ring (bicyclic) bond motifs is 1. The summed E-state index contributed by atoms with van der Waals surface area (Å²) < 4.78 is 51.0. The number of β-amino-alcohol motifs (C(OH)–C–C–N with tert-alkyl or cyclic N) is 1. The van der Waals surface area contributed by atoms with E-state index < -0.39 is 48.8 Å². The molecule has 1 aromatic heterocycles. The highest BCUT2D eigenvalue weighted by molar-refractivity contribution is 5.82. The molecule has 2 amide bonds. The third-order valence-electron chi connectivity index (χ3n) is 9.48. The number of furan rings is 1. The van der Waals surface area contributed by atoms with Gasteiger partial charge in [0.1, 0.15) is 42.6 Å². The Balaban J connectivity index is 1.15. The molecule has 6 rings (SSSR count). The number of piperazine rings is 1. The number of amides is 2. The van der Waals surface area contributed by atoms with E-state index >= 15 is 0 Å². The third kappa shape index (κ3) is 9.79. The Labute approximate surface area is 300 Å². The summed E-state index contributed by atoms with van der Waals surface area (Å²) in [5, 5.41) is 27.2. The lowest BCUT2D eigenvalue weighted by molar-refractivity contribution is -0.143. The molecule has 2 aliphatic heterocycles. The Bertz CT molecular complexity index is 1770. The van der Waals surface area contributed by atoms with Gasteiger partial charge in [-0.3, -0.25) is 19.4 Å². The van der Waals surface area contributed by atoms with Crippen molar-refractivity contribution >= 4 is 11.8 Å². The predicted octanol–water partition coefficient (Wildman–Crippen LogP) is 4.33. The molecule has 52 heavy (non-hydrogen) atoms. The van der Waals surface area contributed by atoms with Crippen LogP contribution in [0, 0.1) is 5.92 Å². The number of nitrogens with zero attached hydrogens (tertiary/aromatic N) is 2. The molecular formula is C39H43F3N4O6. The number of carbonyl (C=O) groups is 2. The summed E-state index contributed by atoms with van der Waals surface area (Å²) in [6, 6.07) is 28.0. The van der Waals surface area contributed by atoms with E-state index in [-0.39, 0.29) is 38.6 Å². The Morgan fingerprint density at radius 1 is 0.923 bits per heavy atom. The second kappa shape index (κ2) is 16.8. The summed E-state index contributed by atoms with van der Waals surface area (Å²) in [5.74, 6) is -0.00693. The molecule has 0 saturated carbocycles. The molecule has 0 aliphatic carbocycles. The van der Waals surface area contributed by atoms with Crippen LogP contribution in [0.5, 0.6) is 5.75 Å². The van der Waals surface area contributed by atoms with Gasteiger partial charge < -0.3 is 30.0 Å². The molecule has 13 heteroatoms. The Kier molecular flexibility index (Phi) is 12.0. The molecule has 0 spiro atoms. The maximum absolute atomic E-state index is 13.9. The van der Waals surface area contributed by atoms with Crippen molar-refractivity contribution < 1.29 is 42.1 Å². The van der Waals surface area contributed by atoms with Gasteiger partial charge in [-0.2, -0.15) is 13.2 Å². The molecule has 3 aromatic carbocycles. The Hall–Kier alpha value is -4.69. The van der Waals surface area contributed by atoms with E-state index in [0.717, 1.165) is 11.1 Å². The molecule has 4 N–H and O–H groups in total. The van der Waals surface area contributed by atoms with Crippen LogP contribution >= 0.6 is 0 Å². The van der Waals surface area contributed by atoms with Gasteiger partial charge in [0.2, 0.25) is 11.8 Å². The number of alkyl halides is 3. The van der Waals surface area contributed by atoms with Crippen molar-refractivity contribution in [3.63, 3.8) is 0 Å². The number of aliphatic hydroxyl groups is 2. The highest BCUT2D eigenvalue weighted by atomic mass is 19.4. The first kappa shape index (κ1) is 37.1. The fourth-order valence-electron chi connectivity index (χ4n) is 6.88. The molecule has 5 atom stereocenters. The smallest absolute Gasteiger partial charge is 0.405 e. The first-order chi connectivity index (χ1) is 25.0. The number of aliphatic hydroxyl groups excluding tert-OH is 2. The lowest BCUT2D eigenvalue weighted by Gasteiger charge is -2.41. The van der Waals surface area contributed by atoms with Gasteiger partial charge in [-0.15, -0.1) is 0 Å². The van der Waals surface area contributed by atoms with Crippen molar-refractivity contribution in [2.24, 2.45) is 5.92 Å². The molecule has 1 saturated heterocycles. The van der Waals surface area contributed by atoms with Crippen LogP contribution < -0.4 is 15.4 Å². The average molecular weight is 721 g/mol. The van der Waals surface area contributed by atoms with Crippen LogP contribution in [0.25, 0.3) is 11.3 Å². The van der Waals surface area contributed by atoms with Crippen LogP contribution in [-0.4, -0.2) is 95.6 Å². The monoisotopic (exact) mass is 720 g/mol. The van der Waals surface area contributed by atoms with Gasteiger partial charge in [-0.05, 0) is 36.6 Å². The van der Waals surface area contributed by atoms with Gasteiger partial charge in [0.25, 0.3) is 0 Å². The minimum atomic E-state index is -4.59. The minimum Gasteiger partial charge on any atom is -0.490 e. The number of ether oxygens (including phenoxy) is 1. The van der Waals surface area contributed by atoms with Crippen LogP contribution in [0.3, 0.4) is 0 Å². The van der Waals surface area contributed by atoms with Crippen LogP contribution in [0.4, 0.5) is 13.2 Å². The lowest BCUT2D eigenvalue weighted by atomic mass is 9.90. The maximum atomic E-state index is 13.9. The largest absolute Gasteiger partial charge is 0.490 e. The van der Waals surface area contributed by atoms with E-state index in [9.17, 15) is 33.0 Å². The third-order valence-corrected chi connectivity index (χ3v) is 9.48. The van der Waals surface area contributed by atoms with Gasteiger partial charge in [0, 0.05) is 43.2 Å². The van der Waals surface area contributed by atoms with Gasteiger partial charge in [-0.25, -0.2) is 0 Å². The van der Waals surface area contributed by atoms with Crippen LogP contribution in [-0.2, 0) is 22.6 Å². The lowest BCUT2D eigenvalue weighted by Crippen LogP contribution is -2.60. The molecule has 10 nitrogen and oxygen atoms in total. The number of halogens is 3. The van der Waals surface area contributed by atoms with E-state index in [1.54, 1.807) is 29.2 Å². The molecule has 0 radical (unpaired) electrons. The van der Waals surface area contributed by atoms with Crippen molar-refractivity contribution in [2.45, 2.75) is 49.9 Å².